The molecule has 2 saturated heterocycles. The Morgan fingerprint density at radius 2 is 1.91 bits per heavy atom. The van der Waals surface area contributed by atoms with Crippen LogP contribution in [0.25, 0.3) is 0 Å². The first-order valence-electron chi connectivity index (χ1n) is 16.2. The van der Waals surface area contributed by atoms with Crippen LogP contribution in [0.2, 0.25) is 0 Å². The average molecular weight is 667 g/mol. The van der Waals surface area contributed by atoms with Crippen molar-refractivity contribution in [3.8, 4) is 11.9 Å². The van der Waals surface area contributed by atoms with Crippen molar-refractivity contribution in [1.29, 1.82) is 5.26 Å². The highest BCUT2D eigenvalue weighted by molar-refractivity contribution is 7.16. The number of likely N-dealkylation sites (N-methyl/N-ethyl adjacent to an activating group) is 1. The second kappa shape index (κ2) is 13.6. The second-order valence-electron chi connectivity index (χ2n) is 13.8. The molecule has 0 bridgehead atoms. The number of nitrogens with zero attached hydrogens (tertiary/aromatic N) is 6. The molecule has 4 heterocycles. The third-order valence-corrected chi connectivity index (χ3v) is 10.3. The van der Waals surface area contributed by atoms with Crippen molar-refractivity contribution < 1.29 is 23.9 Å². The van der Waals surface area contributed by atoms with Gasteiger partial charge in [0.1, 0.15) is 28.5 Å². The van der Waals surface area contributed by atoms with Gasteiger partial charge in [-0.05, 0) is 86.4 Å². The molecule has 4 N–H and O–H groups in total. The number of aryl methyl sites for hydroxylation is 1. The van der Waals surface area contributed by atoms with Crippen molar-refractivity contribution in [2.24, 2.45) is 10.9 Å². The van der Waals surface area contributed by atoms with Gasteiger partial charge >= 0.3 is 12.1 Å². The zero-order valence-corrected chi connectivity index (χ0v) is 29.0. The Bertz CT molecular complexity index is 1570. The van der Waals surface area contributed by atoms with Gasteiger partial charge < -0.3 is 35.6 Å². The van der Waals surface area contributed by atoms with E-state index in [-0.39, 0.29) is 24.1 Å². The zero-order chi connectivity index (χ0) is 34.1. The number of hydrogen-bond acceptors (Lipinski definition) is 12. The van der Waals surface area contributed by atoms with Crippen LogP contribution in [-0.4, -0.2) is 90.2 Å². The van der Waals surface area contributed by atoms with Crippen molar-refractivity contribution in [2.45, 2.75) is 89.9 Å². The van der Waals surface area contributed by atoms with Gasteiger partial charge in [0.05, 0.1) is 11.0 Å². The van der Waals surface area contributed by atoms with E-state index in [4.69, 9.17) is 25.8 Å². The fourth-order valence-corrected chi connectivity index (χ4v) is 7.87. The van der Waals surface area contributed by atoms with E-state index in [1.54, 1.807) is 17.9 Å². The molecule has 0 saturated carbocycles. The molecule has 1 amide bonds. The largest absolute Gasteiger partial charge is 0.473 e. The van der Waals surface area contributed by atoms with Crippen LogP contribution in [0.1, 0.15) is 82.0 Å². The lowest BCUT2D eigenvalue weighted by Gasteiger charge is -2.37. The van der Waals surface area contributed by atoms with Crippen LogP contribution in [-0.2, 0) is 26.2 Å². The van der Waals surface area contributed by atoms with Crippen molar-refractivity contribution in [1.82, 2.24) is 14.8 Å². The molecule has 14 heteroatoms. The maximum absolute atomic E-state index is 13.5. The maximum atomic E-state index is 13.5. The fraction of sp³-hybridized carbons (Fsp3) is 0.606. The van der Waals surface area contributed by atoms with Crippen LogP contribution in [0.4, 0.5) is 15.5 Å². The first kappa shape index (κ1) is 34.3. The molecule has 5 rings (SSSR count). The van der Waals surface area contributed by atoms with E-state index in [2.05, 4.69) is 33.1 Å². The molecule has 2 aliphatic heterocycles. The van der Waals surface area contributed by atoms with Gasteiger partial charge in [-0.2, -0.15) is 5.26 Å². The van der Waals surface area contributed by atoms with Gasteiger partial charge in [-0.15, -0.1) is 11.3 Å². The lowest BCUT2D eigenvalue weighted by atomic mass is 9.72. The molecule has 254 valence electrons. The molecule has 0 aromatic carbocycles. The fourth-order valence-electron chi connectivity index (χ4n) is 6.68. The number of ether oxygens (including phenoxy) is 2. The smallest absolute Gasteiger partial charge is 0.410 e. The van der Waals surface area contributed by atoms with Gasteiger partial charge in [-0.3, -0.25) is 4.90 Å². The first-order chi connectivity index (χ1) is 22.2. The summed E-state index contributed by atoms with van der Waals surface area (Å²) < 4.78 is 11.9. The zero-order valence-electron chi connectivity index (χ0n) is 28.2. The highest BCUT2D eigenvalue weighted by Gasteiger charge is 2.45. The highest BCUT2D eigenvalue weighted by atomic mass is 32.1. The van der Waals surface area contributed by atoms with E-state index < -0.39 is 17.0 Å². The van der Waals surface area contributed by atoms with Gasteiger partial charge in [0, 0.05) is 54.4 Å². The van der Waals surface area contributed by atoms with Gasteiger partial charge in [0.2, 0.25) is 5.88 Å². The average Bonchev–Trinajstić information content (AvgIpc) is 3.61. The number of amides is 1. The Kier molecular flexibility index (Phi) is 9.88. The summed E-state index contributed by atoms with van der Waals surface area (Å²) >= 11 is 1.34. The predicted molar refractivity (Wildman–Crippen MR) is 181 cm³/mol. The van der Waals surface area contributed by atoms with Crippen LogP contribution < -0.4 is 21.1 Å². The van der Waals surface area contributed by atoms with Crippen molar-refractivity contribution in [2.75, 3.05) is 50.4 Å². The lowest BCUT2D eigenvalue weighted by Crippen LogP contribution is -2.50. The van der Waals surface area contributed by atoms with E-state index in [9.17, 15) is 14.9 Å². The first-order valence-corrected chi connectivity index (χ1v) is 17.0. The predicted octanol–water partition coefficient (Wildman–Crippen LogP) is 3.97. The van der Waals surface area contributed by atoms with E-state index in [0.717, 1.165) is 42.8 Å². The molecule has 13 nitrogen and oxygen atoms in total. The van der Waals surface area contributed by atoms with Crippen molar-refractivity contribution in [3.05, 3.63) is 33.8 Å². The van der Waals surface area contributed by atoms with Crippen LogP contribution in [0.5, 0.6) is 5.88 Å². The van der Waals surface area contributed by atoms with E-state index >= 15 is 0 Å². The summed E-state index contributed by atoms with van der Waals surface area (Å²) in [5, 5.41) is 14.2. The molecule has 2 aromatic rings. The van der Waals surface area contributed by atoms with Crippen LogP contribution >= 0.6 is 11.3 Å². The molecule has 0 radical (unpaired) electrons. The number of pyridine rings is 1. The Morgan fingerprint density at radius 3 is 2.55 bits per heavy atom. The third kappa shape index (κ3) is 7.41. The minimum Gasteiger partial charge on any atom is -0.473 e. The van der Waals surface area contributed by atoms with Crippen molar-refractivity contribution in [3.63, 3.8) is 0 Å². The topological polar surface area (TPSA) is 173 Å². The quantitative estimate of drug-likeness (QED) is 0.190. The minimum atomic E-state index is -1.09. The van der Waals surface area contributed by atoms with Gasteiger partial charge in [0.15, 0.2) is 5.84 Å². The summed E-state index contributed by atoms with van der Waals surface area (Å²) in [5.74, 6) is -0.326. The number of nitriles is 1. The van der Waals surface area contributed by atoms with E-state index in [1.807, 2.05) is 33.8 Å². The number of rotatable bonds is 7. The molecule has 2 aromatic heterocycles. The summed E-state index contributed by atoms with van der Waals surface area (Å²) in [6, 6.07) is 6.06. The molecule has 0 unspecified atom stereocenters. The third-order valence-electron chi connectivity index (χ3n) is 9.20. The number of amidine groups is 1. The number of piperazine rings is 1. The molecule has 1 aliphatic carbocycles. The number of carbonyl (C=O) groups excluding carboxylic acids is 2. The number of hydrogen-bond donors (Lipinski definition) is 2. The number of nitrogen functional groups attached to an aromatic ring is 1. The second-order valence-corrected chi connectivity index (χ2v) is 14.9. The molecule has 47 heavy (non-hydrogen) atoms. The standard InChI is InChI=1S/C33H46N8O5S/c1-20(24-9-8-12-39(24)6)44-26-18-21(40-13-15-41(16-14-40)31(43)45-32(2,3)4)17-23(37-26)28(35)38-46-30(42)33(5)11-7-10-25-27(33)22(19-34)29(36)47-25/h17-18,20,24H,7-16,36H2,1-6H3,(H2,35,38)/t20-,24-,33-/m0/s1. The molecular formula is C33H46N8O5S. The lowest BCUT2D eigenvalue weighted by molar-refractivity contribution is -0.150. The Hall–Kier alpha value is -4.09. The molecule has 2 fully saturated rings. The number of thiophene rings is 1. The Balaban J connectivity index is 1.38. The number of fused-ring (bicyclic) bond motifs is 1. The van der Waals surface area contributed by atoms with Gasteiger partial charge in [-0.25, -0.2) is 14.6 Å². The monoisotopic (exact) mass is 666 g/mol. The number of carbonyl (C=O) groups is 2. The number of likely N-dealkylation sites (tertiary alicyclic amines) is 1. The highest BCUT2D eigenvalue weighted by Crippen LogP contribution is 2.46. The molecule has 3 atom stereocenters. The number of aromatic nitrogens is 1. The molecule has 3 aliphatic rings. The normalized spacial score (nSPS) is 22.7. The number of anilines is 2. The maximum Gasteiger partial charge on any atom is 0.410 e. The van der Waals surface area contributed by atoms with E-state index in [0.29, 0.717) is 60.3 Å². The van der Waals surface area contributed by atoms with Gasteiger partial charge in [-0.1, -0.05) is 5.16 Å². The van der Waals surface area contributed by atoms with Crippen LogP contribution in [0, 0.1) is 11.3 Å². The summed E-state index contributed by atoms with van der Waals surface area (Å²) in [6.45, 7) is 12.4. The molecule has 0 spiro atoms. The summed E-state index contributed by atoms with van der Waals surface area (Å²) in [7, 11) is 2.09. The van der Waals surface area contributed by atoms with Crippen molar-refractivity contribution >= 4 is 39.9 Å². The Labute approximate surface area is 280 Å². The molecular weight excluding hydrogens is 620 g/mol. The number of oxime groups is 1. The van der Waals surface area contributed by atoms with Gasteiger partial charge in [0.25, 0.3) is 0 Å². The summed E-state index contributed by atoms with van der Waals surface area (Å²) in [4.78, 5) is 43.4. The summed E-state index contributed by atoms with van der Waals surface area (Å²) in [6.07, 6.45) is 3.66. The number of nitrogens with two attached hydrogens (primary N) is 2. The van der Waals surface area contributed by atoms with Crippen LogP contribution in [0.3, 0.4) is 0 Å². The Morgan fingerprint density at radius 1 is 1.19 bits per heavy atom. The van der Waals surface area contributed by atoms with E-state index in [1.165, 1.54) is 11.3 Å². The summed E-state index contributed by atoms with van der Waals surface area (Å²) in [5.41, 5.74) is 12.9. The minimum absolute atomic E-state index is 0.0898. The SMILES string of the molecule is C[C@H](Oc1cc(N2CCN(C(=O)OC(C)(C)C)CC2)cc(/C(N)=N/OC(=O)[C@@]2(C)CCCc3sc(N)c(C#N)c32)n1)[C@@H]1CCCN1C. The van der Waals surface area contributed by atoms with Crippen LogP contribution in [0.15, 0.2) is 17.3 Å².